The molecule has 0 radical (unpaired) electrons. The van der Waals surface area contributed by atoms with Gasteiger partial charge in [-0.15, -0.1) is 0 Å². The quantitative estimate of drug-likeness (QED) is 0.642. The summed E-state index contributed by atoms with van der Waals surface area (Å²) in [4.78, 5) is 12.4. The third kappa shape index (κ3) is 3.04. The number of methoxy groups -OCH3 is 1. The smallest absolute Gasteiger partial charge is 0.229 e. The molecule has 0 bridgehead atoms. The SMILES string of the molecule is COc1c(CCO)cccc1C1C(=O)NC1[Si](C)(C)C(C)(C)C. The number of carbonyl (C=O) groups is 1. The molecule has 0 aromatic heterocycles. The van der Waals surface area contributed by atoms with Crippen molar-refractivity contribution in [3.8, 4) is 5.75 Å². The molecule has 1 aromatic carbocycles. The molecular weight excluding hydrogens is 306 g/mol. The van der Waals surface area contributed by atoms with Crippen molar-refractivity contribution in [3.05, 3.63) is 29.3 Å². The van der Waals surface area contributed by atoms with Crippen LogP contribution in [0.1, 0.15) is 37.8 Å². The van der Waals surface area contributed by atoms with Gasteiger partial charge in [0, 0.05) is 17.8 Å². The summed E-state index contributed by atoms with van der Waals surface area (Å²) >= 11 is 0. The fraction of sp³-hybridized carbons (Fsp3) is 0.611. The number of nitrogens with one attached hydrogen (secondary N) is 1. The summed E-state index contributed by atoms with van der Waals surface area (Å²) in [7, 11) is -0.0811. The molecule has 1 aromatic rings. The second kappa shape index (κ2) is 6.28. The van der Waals surface area contributed by atoms with E-state index in [1.807, 2.05) is 18.2 Å². The number of aliphatic hydroxyl groups is 1. The zero-order valence-corrected chi connectivity index (χ0v) is 16.1. The Bertz CT molecular complexity index is 592. The zero-order valence-electron chi connectivity index (χ0n) is 15.1. The molecule has 1 heterocycles. The van der Waals surface area contributed by atoms with Crippen molar-refractivity contribution in [2.75, 3.05) is 13.7 Å². The molecule has 4 nitrogen and oxygen atoms in total. The summed E-state index contributed by atoms with van der Waals surface area (Å²) < 4.78 is 5.61. The lowest BCUT2D eigenvalue weighted by Crippen LogP contribution is -2.70. The van der Waals surface area contributed by atoms with E-state index >= 15 is 0 Å². The van der Waals surface area contributed by atoms with E-state index in [0.29, 0.717) is 6.42 Å². The van der Waals surface area contributed by atoms with Gasteiger partial charge in [-0.1, -0.05) is 52.1 Å². The average molecular weight is 336 g/mol. The van der Waals surface area contributed by atoms with E-state index in [9.17, 15) is 9.90 Å². The molecule has 1 aliphatic rings. The molecular formula is C18H29NO3Si. The van der Waals surface area contributed by atoms with Gasteiger partial charge in [-0.3, -0.25) is 4.79 Å². The number of aliphatic hydroxyl groups excluding tert-OH is 1. The number of hydrogen-bond donors (Lipinski definition) is 2. The van der Waals surface area contributed by atoms with Crippen LogP contribution in [0.25, 0.3) is 0 Å². The van der Waals surface area contributed by atoms with E-state index in [1.165, 1.54) is 0 Å². The normalized spacial score (nSPS) is 21.6. The van der Waals surface area contributed by atoms with Crippen LogP contribution in [0.3, 0.4) is 0 Å². The van der Waals surface area contributed by atoms with Crippen molar-refractivity contribution >= 4 is 14.0 Å². The molecule has 2 unspecified atom stereocenters. The molecule has 0 spiro atoms. The van der Waals surface area contributed by atoms with Crippen LogP contribution in [0.5, 0.6) is 5.75 Å². The van der Waals surface area contributed by atoms with Gasteiger partial charge in [0.2, 0.25) is 5.91 Å². The average Bonchev–Trinajstić information content (AvgIpc) is 2.44. The highest BCUT2D eigenvalue weighted by Gasteiger charge is 2.54. The highest BCUT2D eigenvalue weighted by Crippen LogP contribution is 2.47. The Hall–Kier alpha value is -1.33. The molecule has 2 rings (SSSR count). The molecule has 5 heteroatoms. The van der Waals surface area contributed by atoms with Crippen molar-refractivity contribution in [2.45, 2.75) is 56.9 Å². The fourth-order valence-electron chi connectivity index (χ4n) is 3.18. The standard InChI is InChI=1S/C18H29NO3Si/c1-18(2,3)23(5,6)17-14(16(21)19-17)13-9-7-8-12(10-11-20)15(13)22-4/h7-9,14,17,20H,10-11H2,1-6H3,(H,19,21). The largest absolute Gasteiger partial charge is 0.496 e. The molecule has 23 heavy (non-hydrogen) atoms. The highest BCUT2D eigenvalue weighted by molar-refractivity contribution is 6.82. The second-order valence-corrected chi connectivity index (χ2v) is 13.5. The van der Waals surface area contributed by atoms with E-state index in [1.54, 1.807) is 7.11 Å². The number of hydrogen-bond acceptors (Lipinski definition) is 3. The predicted octanol–water partition coefficient (Wildman–Crippen LogP) is 2.86. The van der Waals surface area contributed by atoms with Crippen molar-refractivity contribution in [3.63, 3.8) is 0 Å². The molecule has 1 aliphatic heterocycles. The number of para-hydroxylation sites is 1. The number of ether oxygens (including phenoxy) is 1. The second-order valence-electron chi connectivity index (χ2n) is 7.95. The predicted molar refractivity (Wildman–Crippen MR) is 95.7 cm³/mol. The highest BCUT2D eigenvalue weighted by atomic mass is 28.3. The molecule has 2 N–H and O–H groups in total. The Morgan fingerprint density at radius 2 is 1.96 bits per heavy atom. The van der Waals surface area contributed by atoms with Gasteiger partial charge in [-0.05, 0) is 17.0 Å². The van der Waals surface area contributed by atoms with Gasteiger partial charge in [0.1, 0.15) is 5.75 Å². The molecule has 1 amide bonds. The Labute approximate surface area is 140 Å². The van der Waals surface area contributed by atoms with E-state index in [-0.39, 0.29) is 29.1 Å². The van der Waals surface area contributed by atoms with Crippen LogP contribution in [0.4, 0.5) is 0 Å². The summed E-state index contributed by atoms with van der Waals surface area (Å²) in [6.45, 7) is 11.5. The first kappa shape index (κ1) is 18.0. The minimum Gasteiger partial charge on any atom is -0.496 e. The summed E-state index contributed by atoms with van der Waals surface area (Å²) in [5, 5.41) is 12.6. The summed E-state index contributed by atoms with van der Waals surface area (Å²) in [6, 6.07) is 5.90. The maximum atomic E-state index is 12.4. The lowest BCUT2D eigenvalue weighted by atomic mass is 9.89. The molecule has 2 atom stereocenters. The molecule has 128 valence electrons. The monoisotopic (exact) mass is 335 g/mol. The Kier molecular flexibility index (Phi) is 4.92. The van der Waals surface area contributed by atoms with Crippen molar-refractivity contribution in [1.29, 1.82) is 0 Å². The maximum absolute atomic E-state index is 12.4. The van der Waals surface area contributed by atoms with Crippen LogP contribution in [-0.2, 0) is 11.2 Å². The van der Waals surface area contributed by atoms with Crippen LogP contribution in [0, 0.1) is 0 Å². The van der Waals surface area contributed by atoms with Gasteiger partial charge in [-0.2, -0.15) is 0 Å². The van der Waals surface area contributed by atoms with Gasteiger partial charge in [-0.25, -0.2) is 0 Å². The number of carbonyl (C=O) groups excluding carboxylic acids is 1. The first-order chi connectivity index (χ1) is 10.6. The Balaban J connectivity index is 2.44. The first-order valence-corrected chi connectivity index (χ1v) is 11.3. The van der Waals surface area contributed by atoms with E-state index in [2.05, 4.69) is 39.2 Å². The van der Waals surface area contributed by atoms with Crippen LogP contribution in [0.15, 0.2) is 18.2 Å². The Morgan fingerprint density at radius 3 is 2.43 bits per heavy atom. The van der Waals surface area contributed by atoms with Crippen molar-refractivity contribution < 1.29 is 14.6 Å². The summed E-state index contributed by atoms with van der Waals surface area (Å²) in [5.74, 6) is 0.689. The van der Waals surface area contributed by atoms with Gasteiger partial charge in [0.25, 0.3) is 0 Å². The number of rotatable bonds is 5. The Morgan fingerprint density at radius 1 is 1.30 bits per heavy atom. The molecule has 1 saturated heterocycles. The fourth-order valence-corrected chi connectivity index (χ4v) is 5.78. The van der Waals surface area contributed by atoms with Crippen LogP contribution < -0.4 is 10.1 Å². The van der Waals surface area contributed by atoms with Gasteiger partial charge in [0.15, 0.2) is 0 Å². The number of β-lactam (4-membered cyclic amide) rings is 1. The van der Waals surface area contributed by atoms with Gasteiger partial charge < -0.3 is 15.2 Å². The maximum Gasteiger partial charge on any atom is 0.229 e. The third-order valence-electron chi connectivity index (χ3n) is 5.67. The third-order valence-corrected chi connectivity index (χ3v) is 11.6. The van der Waals surface area contributed by atoms with Crippen LogP contribution in [0.2, 0.25) is 18.1 Å². The van der Waals surface area contributed by atoms with E-state index in [4.69, 9.17) is 4.74 Å². The lowest BCUT2D eigenvalue weighted by Gasteiger charge is -2.51. The minimum absolute atomic E-state index is 0.0718. The molecule has 0 saturated carbocycles. The minimum atomic E-state index is -1.72. The summed E-state index contributed by atoms with van der Waals surface area (Å²) in [6.07, 6.45) is 0.538. The van der Waals surface area contributed by atoms with Gasteiger partial charge in [0.05, 0.1) is 21.1 Å². The number of amides is 1. The van der Waals surface area contributed by atoms with Crippen molar-refractivity contribution in [1.82, 2.24) is 5.32 Å². The molecule has 1 fully saturated rings. The summed E-state index contributed by atoms with van der Waals surface area (Å²) in [5.41, 5.74) is 2.12. The van der Waals surface area contributed by atoms with E-state index in [0.717, 1.165) is 16.9 Å². The van der Waals surface area contributed by atoms with E-state index < -0.39 is 8.07 Å². The van der Waals surface area contributed by atoms with Crippen LogP contribution >= 0.6 is 0 Å². The topological polar surface area (TPSA) is 58.6 Å². The first-order valence-electron chi connectivity index (χ1n) is 8.22. The van der Waals surface area contributed by atoms with Gasteiger partial charge >= 0.3 is 0 Å². The van der Waals surface area contributed by atoms with Crippen molar-refractivity contribution in [2.24, 2.45) is 0 Å². The lowest BCUT2D eigenvalue weighted by molar-refractivity contribution is -0.129. The zero-order chi connectivity index (χ0) is 17.4. The van der Waals surface area contributed by atoms with Crippen LogP contribution in [-0.4, -0.2) is 38.5 Å². The molecule has 0 aliphatic carbocycles. The number of benzene rings is 1.